The average Bonchev–Trinajstić information content (AvgIpc) is 3.54. The van der Waals surface area contributed by atoms with Crippen molar-refractivity contribution in [1.82, 2.24) is 20.9 Å². The third-order valence-corrected chi connectivity index (χ3v) is 6.13. The summed E-state index contributed by atoms with van der Waals surface area (Å²) in [5.74, 6) is -2.48. The zero-order valence-electron chi connectivity index (χ0n) is 28.0. The lowest BCUT2D eigenvalue weighted by atomic mass is 9.85. The third-order valence-electron chi connectivity index (χ3n) is 6.13. The minimum atomic E-state index is -1.11. The van der Waals surface area contributed by atoms with Crippen molar-refractivity contribution in [3.8, 4) is 0 Å². The van der Waals surface area contributed by atoms with Crippen LogP contribution in [0.1, 0.15) is 108 Å². The fourth-order valence-electron chi connectivity index (χ4n) is 4.11. The van der Waals surface area contributed by atoms with E-state index < -0.39 is 59.0 Å². The number of likely N-dealkylation sites (tertiary alicyclic amines) is 1. The van der Waals surface area contributed by atoms with Crippen LogP contribution in [0.5, 0.6) is 0 Å². The van der Waals surface area contributed by atoms with E-state index in [1.54, 1.807) is 34.6 Å². The van der Waals surface area contributed by atoms with E-state index in [1.807, 2.05) is 0 Å². The van der Waals surface area contributed by atoms with E-state index in [-0.39, 0.29) is 18.6 Å². The molecule has 12 nitrogen and oxygen atoms in total. The van der Waals surface area contributed by atoms with E-state index in [1.165, 1.54) is 11.3 Å². The summed E-state index contributed by atoms with van der Waals surface area (Å²) in [4.78, 5) is 75.9. The van der Waals surface area contributed by atoms with E-state index in [0.717, 1.165) is 18.8 Å². The van der Waals surface area contributed by atoms with Gasteiger partial charge in [0, 0.05) is 6.54 Å². The van der Waals surface area contributed by atoms with Crippen LogP contribution in [0, 0.1) is 17.3 Å². The number of rotatable bonds is 11. The highest BCUT2D eigenvalue weighted by molar-refractivity contribution is 6.37. The van der Waals surface area contributed by atoms with Gasteiger partial charge in [-0.15, -0.1) is 0 Å². The van der Waals surface area contributed by atoms with Crippen LogP contribution in [0.3, 0.4) is 0 Å². The fourth-order valence-corrected chi connectivity index (χ4v) is 4.11. The number of carbonyl (C=O) groups excluding carboxylic acids is 6. The lowest BCUT2D eigenvalue weighted by Gasteiger charge is -2.35. The molecule has 2 unspecified atom stereocenters. The van der Waals surface area contributed by atoms with E-state index in [0.29, 0.717) is 25.8 Å². The molecule has 0 bridgehead atoms. The van der Waals surface area contributed by atoms with Gasteiger partial charge < -0.3 is 31.3 Å². The largest absolute Gasteiger partial charge is 0.462 e. The van der Waals surface area contributed by atoms with Crippen LogP contribution >= 0.6 is 0 Å². The highest BCUT2D eigenvalue weighted by atomic mass is 16.5. The Balaban J connectivity index is 0.00000227. The quantitative estimate of drug-likeness (QED) is 0.205. The Labute approximate surface area is 258 Å². The number of esters is 1. The molecule has 0 radical (unpaired) electrons. The first-order valence-electron chi connectivity index (χ1n) is 15.5. The van der Waals surface area contributed by atoms with E-state index in [2.05, 4.69) is 50.6 Å². The van der Waals surface area contributed by atoms with Gasteiger partial charge in [0.15, 0.2) is 0 Å². The van der Waals surface area contributed by atoms with Crippen molar-refractivity contribution in [2.24, 2.45) is 23.0 Å². The summed E-state index contributed by atoms with van der Waals surface area (Å²) in [6.07, 6.45) is 4.03. The van der Waals surface area contributed by atoms with Crippen LogP contribution in [0.25, 0.3) is 0 Å². The Morgan fingerprint density at radius 2 is 1.47 bits per heavy atom. The van der Waals surface area contributed by atoms with Crippen molar-refractivity contribution < 1.29 is 33.5 Å². The Morgan fingerprint density at radius 3 is 1.91 bits per heavy atom. The highest BCUT2D eigenvalue weighted by Gasteiger charge is 2.43. The van der Waals surface area contributed by atoms with Gasteiger partial charge in [-0.05, 0) is 50.4 Å². The molecule has 0 aromatic rings. The number of hydrogen-bond acceptors (Lipinski definition) is 7. The van der Waals surface area contributed by atoms with Gasteiger partial charge in [0.25, 0.3) is 5.91 Å². The number of ether oxygens (including phenoxy) is 1. The number of ketones is 1. The molecule has 43 heavy (non-hydrogen) atoms. The first kappa shape index (κ1) is 39.8. The molecule has 0 aromatic heterocycles. The second kappa shape index (κ2) is 19.2. The lowest BCUT2D eigenvalue weighted by molar-refractivity contribution is -0.146. The number of carbonyl (C=O) groups is 6. The Hall–Kier alpha value is -3.18. The first-order valence-corrected chi connectivity index (χ1v) is 15.5. The number of nitrogens with zero attached hydrogens (tertiary/aromatic N) is 1. The van der Waals surface area contributed by atoms with Gasteiger partial charge in [0.05, 0.1) is 12.1 Å². The molecule has 2 fully saturated rings. The maximum absolute atomic E-state index is 13.5. The summed E-state index contributed by atoms with van der Waals surface area (Å²) < 4.78 is 4.98. The summed E-state index contributed by atoms with van der Waals surface area (Å²) in [5, 5.41) is 7.63. The summed E-state index contributed by atoms with van der Waals surface area (Å²) >= 11 is 0. The van der Waals surface area contributed by atoms with Crippen molar-refractivity contribution in [3.05, 3.63) is 0 Å². The molecule has 1 aliphatic carbocycles. The van der Waals surface area contributed by atoms with Crippen LogP contribution in [-0.2, 0) is 28.7 Å². The van der Waals surface area contributed by atoms with E-state index >= 15 is 0 Å². The molecule has 5 amide bonds. The third kappa shape index (κ3) is 16.3. The zero-order valence-corrected chi connectivity index (χ0v) is 28.0. The number of Topliss-reactive ketones (excluding diaryl/α,β-unsaturated/α-hetero) is 1. The average molecular weight is 612 g/mol. The van der Waals surface area contributed by atoms with Crippen molar-refractivity contribution in [2.45, 2.75) is 132 Å². The standard InChI is InChI=1S/C24H39N5O7.C4H10.C3H8/c1-13(2)36-17(30)12-26-23(35)28-19(24(3,4)5)22(34)29-10-6-7-16(29)21(33)27-15(11-14-8-9-14)18(31)20(25)32;1-4(2)3;1-3-2/h13-16,19H,6-12H2,1-5H3,(H2,25,32)(H,27,33)(H2,26,28,35);4H,1-3H3;3H2,1-2H3/t15?,16-,19?;;/m0../s1. The predicted octanol–water partition coefficient (Wildman–Crippen LogP) is 3.06. The minimum Gasteiger partial charge on any atom is -0.462 e. The number of urea groups is 1. The monoisotopic (exact) mass is 611 g/mol. The first-order chi connectivity index (χ1) is 19.8. The molecule has 1 saturated heterocycles. The van der Waals surface area contributed by atoms with Crippen LogP contribution < -0.4 is 21.7 Å². The SMILES string of the molecule is CC(C)C.CC(C)OC(=O)CNC(=O)NC(C(=O)N1CCC[C@H]1C(=O)NC(CC1CC1)C(=O)C(N)=O)C(C)(C)C.CCC. The molecule has 248 valence electrons. The Morgan fingerprint density at radius 1 is 0.930 bits per heavy atom. The number of hydrogen-bond donors (Lipinski definition) is 4. The maximum Gasteiger partial charge on any atom is 0.325 e. The number of nitrogens with one attached hydrogen (secondary N) is 3. The normalized spacial score (nSPS) is 17.4. The van der Waals surface area contributed by atoms with Gasteiger partial charge in [-0.2, -0.15) is 0 Å². The van der Waals surface area contributed by atoms with Crippen molar-refractivity contribution >= 4 is 35.5 Å². The summed E-state index contributed by atoms with van der Waals surface area (Å²) in [6, 6.07) is -3.59. The molecule has 5 N–H and O–H groups in total. The number of amides is 5. The minimum absolute atomic E-state index is 0.255. The summed E-state index contributed by atoms with van der Waals surface area (Å²) in [6.45, 7) is 19.4. The topological polar surface area (TPSA) is 177 Å². The molecule has 12 heteroatoms. The number of nitrogens with two attached hydrogens (primary N) is 1. The van der Waals surface area contributed by atoms with Crippen LogP contribution in [0.2, 0.25) is 0 Å². The Kier molecular flexibility index (Phi) is 17.8. The van der Waals surface area contributed by atoms with Crippen molar-refractivity contribution in [1.29, 1.82) is 0 Å². The predicted molar refractivity (Wildman–Crippen MR) is 166 cm³/mol. The summed E-state index contributed by atoms with van der Waals surface area (Å²) in [7, 11) is 0. The zero-order chi connectivity index (χ0) is 33.5. The number of primary amides is 1. The second-order valence-corrected chi connectivity index (χ2v) is 13.3. The molecule has 1 saturated carbocycles. The second-order valence-electron chi connectivity index (χ2n) is 13.3. The maximum atomic E-state index is 13.5. The molecule has 2 aliphatic rings. The molecule has 0 spiro atoms. The van der Waals surface area contributed by atoms with Crippen molar-refractivity contribution in [2.75, 3.05) is 13.1 Å². The fraction of sp³-hybridized carbons (Fsp3) is 0.806. The van der Waals surface area contributed by atoms with Gasteiger partial charge in [0.2, 0.25) is 17.6 Å². The molecule has 3 atom stereocenters. The smallest absolute Gasteiger partial charge is 0.325 e. The van der Waals surface area contributed by atoms with Crippen LogP contribution in [0.15, 0.2) is 0 Å². The molecule has 2 rings (SSSR count). The highest BCUT2D eigenvalue weighted by Crippen LogP contribution is 2.34. The van der Waals surface area contributed by atoms with Crippen LogP contribution in [-0.4, -0.2) is 77.7 Å². The van der Waals surface area contributed by atoms with Gasteiger partial charge in [-0.1, -0.05) is 74.7 Å². The van der Waals surface area contributed by atoms with Crippen molar-refractivity contribution in [3.63, 3.8) is 0 Å². The van der Waals surface area contributed by atoms with Gasteiger partial charge in [0.1, 0.15) is 18.6 Å². The lowest BCUT2D eigenvalue weighted by Crippen LogP contribution is -2.60. The summed E-state index contributed by atoms with van der Waals surface area (Å²) in [5.41, 5.74) is 4.44. The Bertz CT molecular complexity index is 939. The van der Waals surface area contributed by atoms with Gasteiger partial charge >= 0.3 is 12.0 Å². The van der Waals surface area contributed by atoms with Gasteiger partial charge in [-0.3, -0.25) is 24.0 Å². The van der Waals surface area contributed by atoms with E-state index in [4.69, 9.17) is 10.5 Å². The van der Waals surface area contributed by atoms with Gasteiger partial charge in [-0.25, -0.2) is 4.79 Å². The van der Waals surface area contributed by atoms with E-state index in [9.17, 15) is 28.8 Å². The molecule has 1 heterocycles. The molecule has 0 aromatic carbocycles. The van der Waals surface area contributed by atoms with Crippen LogP contribution in [0.4, 0.5) is 4.79 Å². The molecular formula is C31H57N5O7. The molecular weight excluding hydrogens is 554 g/mol. The molecule has 1 aliphatic heterocycles.